The van der Waals surface area contributed by atoms with Crippen molar-refractivity contribution >= 4 is 22.5 Å². The maximum absolute atomic E-state index is 12.8. The summed E-state index contributed by atoms with van der Waals surface area (Å²) in [6, 6.07) is 3.67. The van der Waals surface area contributed by atoms with E-state index in [1.807, 2.05) is 26.0 Å². The highest BCUT2D eigenvalue weighted by molar-refractivity contribution is 6.32. The number of piperidine rings is 1. The third kappa shape index (κ3) is 2.72. The summed E-state index contributed by atoms with van der Waals surface area (Å²) in [5, 5.41) is 1.46. The van der Waals surface area contributed by atoms with Crippen LogP contribution in [-0.2, 0) is 6.54 Å². The lowest BCUT2D eigenvalue weighted by Crippen LogP contribution is -3.11. The second-order valence-corrected chi connectivity index (χ2v) is 6.55. The van der Waals surface area contributed by atoms with Crippen LogP contribution >= 0.6 is 11.6 Å². The maximum Gasteiger partial charge on any atom is 0.198 e. The van der Waals surface area contributed by atoms with Crippen LogP contribution in [0.1, 0.15) is 36.1 Å². The summed E-state index contributed by atoms with van der Waals surface area (Å²) in [7, 11) is 0. The molecule has 112 valence electrons. The van der Waals surface area contributed by atoms with Crippen molar-refractivity contribution in [1.82, 2.24) is 4.98 Å². The summed E-state index contributed by atoms with van der Waals surface area (Å²) in [6.07, 6.45) is 3.87. The fourth-order valence-electron chi connectivity index (χ4n) is 3.32. The zero-order valence-corrected chi connectivity index (χ0v) is 13.4. The van der Waals surface area contributed by atoms with E-state index in [2.05, 4.69) is 4.98 Å². The van der Waals surface area contributed by atoms with Crippen LogP contribution in [0.3, 0.4) is 0 Å². The van der Waals surface area contributed by atoms with Gasteiger partial charge < -0.3 is 9.88 Å². The highest BCUT2D eigenvalue weighted by Crippen LogP contribution is 2.22. The van der Waals surface area contributed by atoms with E-state index in [1.165, 1.54) is 37.3 Å². The van der Waals surface area contributed by atoms with Crippen molar-refractivity contribution in [3.05, 3.63) is 44.2 Å². The minimum atomic E-state index is 0.166. The predicted octanol–water partition coefficient (Wildman–Crippen LogP) is 2.37. The Kier molecular flexibility index (Phi) is 4.05. The first-order chi connectivity index (χ1) is 10.1. The first-order valence-electron chi connectivity index (χ1n) is 7.72. The third-order valence-corrected chi connectivity index (χ3v) is 5.08. The summed E-state index contributed by atoms with van der Waals surface area (Å²) in [6.45, 7) is 7.14. The second-order valence-electron chi connectivity index (χ2n) is 6.14. The zero-order valence-electron chi connectivity index (χ0n) is 12.7. The Morgan fingerprint density at radius 2 is 1.90 bits per heavy atom. The molecule has 21 heavy (non-hydrogen) atoms. The molecular weight excluding hydrogens is 284 g/mol. The number of hydrogen-bond donors (Lipinski definition) is 2. The molecular formula is C17H22ClN2O+. The van der Waals surface area contributed by atoms with Gasteiger partial charge in [0.15, 0.2) is 5.43 Å². The molecule has 0 radical (unpaired) electrons. The molecule has 2 heterocycles. The number of nitrogens with one attached hydrogen (secondary N) is 2. The lowest BCUT2D eigenvalue weighted by Gasteiger charge is -2.24. The highest BCUT2D eigenvalue weighted by atomic mass is 35.5. The second kappa shape index (κ2) is 5.82. The van der Waals surface area contributed by atoms with Crippen molar-refractivity contribution in [3.63, 3.8) is 0 Å². The van der Waals surface area contributed by atoms with Gasteiger partial charge in [-0.1, -0.05) is 11.6 Å². The minimum Gasteiger partial charge on any atom is -0.358 e. The Bertz CT molecular complexity index is 730. The Labute approximate surface area is 129 Å². The average molecular weight is 306 g/mol. The van der Waals surface area contributed by atoms with Crippen molar-refractivity contribution in [2.24, 2.45) is 0 Å². The molecule has 1 aromatic heterocycles. The maximum atomic E-state index is 12.8. The number of quaternary nitrogens is 1. The van der Waals surface area contributed by atoms with Crippen LogP contribution in [0.2, 0.25) is 5.02 Å². The smallest absolute Gasteiger partial charge is 0.198 e. The molecule has 1 aromatic carbocycles. The molecule has 0 bridgehead atoms. The van der Waals surface area contributed by atoms with E-state index in [4.69, 9.17) is 11.6 Å². The molecule has 0 atom stereocenters. The topological polar surface area (TPSA) is 37.3 Å². The third-order valence-electron chi connectivity index (χ3n) is 4.67. The summed E-state index contributed by atoms with van der Waals surface area (Å²) in [5.74, 6) is 0. The van der Waals surface area contributed by atoms with Gasteiger partial charge in [-0.25, -0.2) is 0 Å². The van der Waals surface area contributed by atoms with Gasteiger partial charge in [0.25, 0.3) is 0 Å². The van der Waals surface area contributed by atoms with Gasteiger partial charge in [0, 0.05) is 16.1 Å². The molecule has 1 fully saturated rings. The number of aromatic nitrogens is 1. The molecule has 0 spiro atoms. The zero-order chi connectivity index (χ0) is 15.0. The van der Waals surface area contributed by atoms with Gasteiger partial charge in [-0.15, -0.1) is 0 Å². The van der Waals surface area contributed by atoms with Gasteiger partial charge in [-0.05, 0) is 50.8 Å². The van der Waals surface area contributed by atoms with Crippen LogP contribution < -0.4 is 10.3 Å². The van der Waals surface area contributed by atoms with E-state index >= 15 is 0 Å². The SMILES string of the molecule is Cc1[nH]c2c(C)c(Cl)ccc2c(=O)c1C[NH+]1CCCCC1. The Hall–Kier alpha value is -1.32. The largest absolute Gasteiger partial charge is 0.358 e. The summed E-state index contributed by atoms with van der Waals surface area (Å²) in [5.41, 5.74) is 3.91. The number of halogens is 1. The van der Waals surface area contributed by atoms with Gasteiger partial charge in [0.1, 0.15) is 6.54 Å². The predicted molar refractivity (Wildman–Crippen MR) is 87.3 cm³/mol. The Balaban J connectivity index is 2.07. The molecule has 1 aliphatic heterocycles. The monoisotopic (exact) mass is 305 g/mol. The van der Waals surface area contributed by atoms with Gasteiger partial charge in [0.05, 0.1) is 24.2 Å². The van der Waals surface area contributed by atoms with Gasteiger partial charge in [-0.3, -0.25) is 4.79 Å². The molecule has 1 saturated heterocycles. The summed E-state index contributed by atoms with van der Waals surface area (Å²) >= 11 is 6.16. The number of hydrogen-bond acceptors (Lipinski definition) is 1. The Morgan fingerprint density at radius 1 is 1.19 bits per heavy atom. The number of benzene rings is 1. The van der Waals surface area contributed by atoms with Crippen LogP contribution in [0, 0.1) is 13.8 Å². The minimum absolute atomic E-state index is 0.166. The van der Waals surface area contributed by atoms with Gasteiger partial charge in [0.2, 0.25) is 0 Å². The van der Waals surface area contributed by atoms with E-state index in [-0.39, 0.29) is 5.43 Å². The highest BCUT2D eigenvalue weighted by Gasteiger charge is 2.19. The van der Waals surface area contributed by atoms with Crippen molar-refractivity contribution in [1.29, 1.82) is 0 Å². The molecule has 2 N–H and O–H groups in total. The van der Waals surface area contributed by atoms with Crippen molar-refractivity contribution in [2.45, 2.75) is 39.7 Å². The number of rotatable bonds is 2. The fraction of sp³-hybridized carbons (Fsp3) is 0.471. The fourth-order valence-corrected chi connectivity index (χ4v) is 3.48. The molecule has 0 amide bonds. The summed E-state index contributed by atoms with van der Waals surface area (Å²) < 4.78 is 0. The van der Waals surface area contributed by atoms with Crippen LogP contribution in [0.15, 0.2) is 16.9 Å². The lowest BCUT2D eigenvalue weighted by atomic mass is 10.0. The van der Waals surface area contributed by atoms with Crippen LogP contribution in [0.4, 0.5) is 0 Å². The Morgan fingerprint density at radius 3 is 2.62 bits per heavy atom. The standard InChI is InChI=1S/C17H21ClN2O/c1-11-15(18)7-6-13-16(11)19-12(2)14(17(13)21)10-20-8-4-3-5-9-20/h6-7H,3-5,8-10H2,1-2H3,(H,19,21)/p+1. The quantitative estimate of drug-likeness (QED) is 0.878. The van der Waals surface area contributed by atoms with Crippen molar-refractivity contribution in [2.75, 3.05) is 13.1 Å². The van der Waals surface area contributed by atoms with E-state index in [0.717, 1.165) is 34.3 Å². The number of aryl methyl sites for hydroxylation is 2. The van der Waals surface area contributed by atoms with Crippen LogP contribution in [0.5, 0.6) is 0 Å². The van der Waals surface area contributed by atoms with E-state index in [1.54, 1.807) is 0 Å². The van der Waals surface area contributed by atoms with Crippen LogP contribution in [-0.4, -0.2) is 18.1 Å². The van der Waals surface area contributed by atoms with Crippen molar-refractivity contribution < 1.29 is 4.90 Å². The number of pyridine rings is 1. The molecule has 3 rings (SSSR count). The average Bonchev–Trinajstić information content (AvgIpc) is 2.49. The van der Waals surface area contributed by atoms with Gasteiger partial charge >= 0.3 is 0 Å². The number of aromatic amines is 1. The molecule has 3 nitrogen and oxygen atoms in total. The molecule has 1 aliphatic rings. The first-order valence-corrected chi connectivity index (χ1v) is 8.10. The van der Waals surface area contributed by atoms with Crippen LogP contribution in [0.25, 0.3) is 10.9 Å². The molecule has 4 heteroatoms. The normalized spacial score (nSPS) is 16.5. The molecule has 0 aliphatic carbocycles. The van der Waals surface area contributed by atoms with E-state index in [0.29, 0.717) is 5.02 Å². The summed E-state index contributed by atoms with van der Waals surface area (Å²) in [4.78, 5) is 17.7. The van der Waals surface area contributed by atoms with Gasteiger partial charge in [-0.2, -0.15) is 0 Å². The van der Waals surface area contributed by atoms with Crippen molar-refractivity contribution in [3.8, 4) is 0 Å². The van der Waals surface area contributed by atoms with E-state index < -0.39 is 0 Å². The first kappa shape index (κ1) is 14.6. The lowest BCUT2D eigenvalue weighted by molar-refractivity contribution is -0.918. The molecule has 0 unspecified atom stereocenters. The number of fused-ring (bicyclic) bond motifs is 1. The molecule has 2 aromatic rings. The number of likely N-dealkylation sites (tertiary alicyclic amines) is 1. The number of H-pyrrole nitrogens is 1. The molecule has 0 saturated carbocycles. The van der Waals surface area contributed by atoms with E-state index in [9.17, 15) is 4.79 Å².